The summed E-state index contributed by atoms with van der Waals surface area (Å²) >= 11 is 0. The van der Waals surface area contributed by atoms with E-state index in [0.29, 0.717) is 36.8 Å². The van der Waals surface area contributed by atoms with E-state index in [2.05, 4.69) is 14.9 Å². The van der Waals surface area contributed by atoms with Gasteiger partial charge in [-0.2, -0.15) is 0 Å². The molecule has 4 heterocycles. The summed E-state index contributed by atoms with van der Waals surface area (Å²) in [5.41, 5.74) is 4.00. The van der Waals surface area contributed by atoms with Crippen LogP contribution < -0.4 is 9.47 Å². The van der Waals surface area contributed by atoms with Crippen molar-refractivity contribution in [3.8, 4) is 11.5 Å². The summed E-state index contributed by atoms with van der Waals surface area (Å²) in [7, 11) is 0. The zero-order chi connectivity index (χ0) is 19.8. The van der Waals surface area contributed by atoms with E-state index >= 15 is 0 Å². The zero-order valence-corrected chi connectivity index (χ0v) is 16.0. The van der Waals surface area contributed by atoms with Gasteiger partial charge in [0.1, 0.15) is 18.2 Å². The average Bonchev–Trinajstić information content (AvgIpc) is 3.07. The van der Waals surface area contributed by atoms with Crippen LogP contribution in [-0.4, -0.2) is 27.4 Å². The van der Waals surface area contributed by atoms with Crippen molar-refractivity contribution in [3.05, 3.63) is 88.7 Å². The van der Waals surface area contributed by atoms with E-state index in [1.807, 2.05) is 49.4 Å². The summed E-state index contributed by atoms with van der Waals surface area (Å²) in [5.74, 6) is 1.54. The van der Waals surface area contributed by atoms with Gasteiger partial charge in [-0.05, 0) is 42.8 Å². The van der Waals surface area contributed by atoms with Gasteiger partial charge in [0.15, 0.2) is 5.76 Å². The smallest absolute Gasteiger partial charge is 0.232 e. The van der Waals surface area contributed by atoms with Crippen LogP contribution in [0.1, 0.15) is 32.9 Å². The minimum Gasteiger partial charge on any atom is -0.478 e. The Morgan fingerprint density at radius 3 is 2.72 bits per heavy atom. The third-order valence-corrected chi connectivity index (χ3v) is 5.07. The summed E-state index contributed by atoms with van der Waals surface area (Å²) in [6, 6.07) is 13.3. The van der Waals surface area contributed by atoms with Gasteiger partial charge < -0.3 is 9.47 Å². The Balaban J connectivity index is 1.48. The number of allylic oxidation sites excluding steroid dienone is 1. The number of nitrogens with zero attached hydrogens (tertiary/aromatic N) is 3. The van der Waals surface area contributed by atoms with Gasteiger partial charge in [-0.3, -0.25) is 19.7 Å². The van der Waals surface area contributed by atoms with Crippen LogP contribution in [0.4, 0.5) is 0 Å². The lowest BCUT2D eigenvalue weighted by Crippen LogP contribution is -2.32. The third kappa shape index (κ3) is 3.28. The number of ether oxygens (including phenoxy) is 2. The Labute approximate surface area is 168 Å². The summed E-state index contributed by atoms with van der Waals surface area (Å²) in [5, 5.41) is 0. The molecule has 0 amide bonds. The van der Waals surface area contributed by atoms with Crippen LogP contribution >= 0.6 is 0 Å². The molecule has 0 bridgehead atoms. The molecule has 0 radical (unpaired) electrons. The lowest BCUT2D eigenvalue weighted by molar-refractivity contribution is 0.0861. The van der Waals surface area contributed by atoms with Gasteiger partial charge in [-0.1, -0.05) is 12.1 Å². The molecule has 0 atom stereocenters. The van der Waals surface area contributed by atoms with Crippen molar-refractivity contribution in [2.75, 3.05) is 6.73 Å². The molecule has 144 valence electrons. The van der Waals surface area contributed by atoms with Gasteiger partial charge in [0.2, 0.25) is 5.78 Å². The number of hydrogen-bond donors (Lipinski definition) is 0. The molecule has 0 unspecified atom stereocenters. The molecule has 0 aliphatic carbocycles. The Bertz CT molecular complexity index is 1110. The van der Waals surface area contributed by atoms with Crippen LogP contribution in [0.3, 0.4) is 0 Å². The summed E-state index contributed by atoms with van der Waals surface area (Å²) in [4.78, 5) is 23.8. The fraction of sp³-hybridized carbons (Fsp3) is 0.174. The molecule has 0 spiro atoms. The van der Waals surface area contributed by atoms with Gasteiger partial charge in [0, 0.05) is 31.6 Å². The van der Waals surface area contributed by atoms with Crippen molar-refractivity contribution >= 4 is 11.9 Å². The first-order valence-electron chi connectivity index (χ1n) is 9.46. The number of carbonyl (C=O) groups is 1. The Morgan fingerprint density at radius 1 is 1.14 bits per heavy atom. The predicted octanol–water partition coefficient (Wildman–Crippen LogP) is 3.75. The van der Waals surface area contributed by atoms with E-state index in [-0.39, 0.29) is 11.5 Å². The molecule has 29 heavy (non-hydrogen) atoms. The van der Waals surface area contributed by atoms with Gasteiger partial charge in [-0.15, -0.1) is 0 Å². The lowest BCUT2D eigenvalue weighted by Gasteiger charge is -2.29. The first-order valence-corrected chi connectivity index (χ1v) is 9.46. The molecule has 0 saturated heterocycles. The van der Waals surface area contributed by atoms with E-state index in [1.54, 1.807) is 18.5 Å². The minimum absolute atomic E-state index is 0.118. The van der Waals surface area contributed by atoms with Crippen LogP contribution in [0, 0.1) is 6.92 Å². The lowest BCUT2D eigenvalue weighted by atomic mass is 9.98. The number of ketones is 1. The molecule has 3 aromatic rings. The van der Waals surface area contributed by atoms with Gasteiger partial charge in [0.05, 0.1) is 22.5 Å². The molecule has 0 saturated carbocycles. The van der Waals surface area contributed by atoms with Crippen LogP contribution in [0.15, 0.2) is 60.6 Å². The number of carbonyl (C=O) groups excluding carboxylic acids is 1. The highest BCUT2D eigenvalue weighted by Crippen LogP contribution is 2.44. The maximum absolute atomic E-state index is 13.0. The Hall–Kier alpha value is -3.51. The Kier molecular flexibility index (Phi) is 4.33. The highest BCUT2D eigenvalue weighted by Gasteiger charge is 2.35. The number of fused-ring (bicyclic) bond motifs is 3. The van der Waals surface area contributed by atoms with Crippen molar-refractivity contribution in [3.63, 3.8) is 0 Å². The quantitative estimate of drug-likeness (QED) is 0.640. The van der Waals surface area contributed by atoms with Crippen molar-refractivity contribution in [1.82, 2.24) is 14.9 Å². The van der Waals surface area contributed by atoms with Crippen molar-refractivity contribution in [2.45, 2.75) is 20.0 Å². The summed E-state index contributed by atoms with van der Waals surface area (Å²) < 4.78 is 12.0. The fourth-order valence-corrected chi connectivity index (χ4v) is 3.69. The second kappa shape index (κ2) is 7.14. The Morgan fingerprint density at radius 2 is 1.97 bits per heavy atom. The molecule has 1 aromatic carbocycles. The molecule has 2 aliphatic heterocycles. The second-order valence-corrected chi connectivity index (χ2v) is 7.15. The maximum Gasteiger partial charge on any atom is 0.232 e. The van der Waals surface area contributed by atoms with Crippen LogP contribution in [0.2, 0.25) is 0 Å². The van der Waals surface area contributed by atoms with Crippen molar-refractivity contribution in [2.24, 2.45) is 0 Å². The van der Waals surface area contributed by atoms with Gasteiger partial charge in [0.25, 0.3) is 0 Å². The molecular formula is C23H19N3O3. The number of Topliss-reactive ketones (excluding diaryl/α,β-unsaturated/α-hetero) is 1. The van der Waals surface area contributed by atoms with Crippen molar-refractivity contribution in [1.29, 1.82) is 0 Å². The molecule has 5 rings (SSSR count). The fourth-order valence-electron chi connectivity index (χ4n) is 3.69. The minimum atomic E-state index is -0.118. The molecule has 0 N–H and O–H groups in total. The predicted molar refractivity (Wildman–Crippen MR) is 107 cm³/mol. The highest BCUT2D eigenvalue weighted by molar-refractivity contribution is 6.15. The number of pyridine rings is 2. The standard InChI is InChI=1S/C23H19N3O3/c1-15-10-19-18(13-26(14-28-19)12-17-7-3-5-9-25-17)23-21(15)22(27)20(29-23)11-16-6-2-4-8-24-16/h2-11H,12-14H2,1H3/b20-11-. The number of rotatable bonds is 3. The first-order chi connectivity index (χ1) is 14.2. The largest absolute Gasteiger partial charge is 0.478 e. The second-order valence-electron chi connectivity index (χ2n) is 7.15. The van der Waals surface area contributed by atoms with Crippen LogP contribution in [0.25, 0.3) is 6.08 Å². The molecule has 6 heteroatoms. The number of aryl methyl sites for hydroxylation is 1. The molecular weight excluding hydrogens is 366 g/mol. The van der Waals surface area contributed by atoms with E-state index in [9.17, 15) is 4.79 Å². The molecule has 2 aliphatic rings. The van der Waals surface area contributed by atoms with E-state index in [0.717, 1.165) is 22.6 Å². The molecule has 0 fully saturated rings. The van der Waals surface area contributed by atoms with Gasteiger partial charge >= 0.3 is 0 Å². The number of hydrogen-bond acceptors (Lipinski definition) is 6. The average molecular weight is 385 g/mol. The molecule has 2 aromatic heterocycles. The van der Waals surface area contributed by atoms with Crippen LogP contribution in [0.5, 0.6) is 11.5 Å². The highest BCUT2D eigenvalue weighted by atomic mass is 16.5. The monoisotopic (exact) mass is 385 g/mol. The zero-order valence-electron chi connectivity index (χ0n) is 16.0. The topological polar surface area (TPSA) is 64.5 Å². The normalized spacial score (nSPS) is 16.9. The van der Waals surface area contributed by atoms with Crippen LogP contribution in [-0.2, 0) is 13.1 Å². The number of benzene rings is 1. The molecule has 6 nitrogen and oxygen atoms in total. The summed E-state index contributed by atoms with van der Waals surface area (Å²) in [6.45, 7) is 3.66. The van der Waals surface area contributed by atoms with E-state index < -0.39 is 0 Å². The SMILES string of the molecule is Cc1cc2c(c3c1C(=O)/C(=C/c1ccccn1)O3)CN(Cc1ccccn1)CO2. The number of aromatic nitrogens is 2. The first kappa shape index (κ1) is 17.6. The maximum atomic E-state index is 13.0. The van der Waals surface area contributed by atoms with Crippen molar-refractivity contribution < 1.29 is 14.3 Å². The van der Waals surface area contributed by atoms with Gasteiger partial charge in [-0.25, -0.2) is 0 Å². The summed E-state index contributed by atoms with van der Waals surface area (Å²) in [6.07, 6.45) is 5.16. The van der Waals surface area contributed by atoms with E-state index in [1.165, 1.54) is 0 Å². The van der Waals surface area contributed by atoms with E-state index in [4.69, 9.17) is 9.47 Å². The third-order valence-electron chi connectivity index (χ3n) is 5.07.